The smallest absolute Gasteiger partial charge is 0.0865 e. The Hall–Kier alpha value is -0.860. The lowest BCUT2D eigenvalue weighted by molar-refractivity contribution is -0.0276. The second kappa shape index (κ2) is 6.73. The molecule has 0 saturated carbocycles. The molecule has 0 amide bonds. The highest BCUT2D eigenvalue weighted by atomic mass is 16.5. The molecule has 112 valence electrons. The first-order valence-corrected chi connectivity index (χ1v) is 7.95. The van der Waals surface area contributed by atoms with Gasteiger partial charge in [0.15, 0.2) is 0 Å². The summed E-state index contributed by atoms with van der Waals surface area (Å²) in [6, 6.07) is 9.04. The third-order valence-electron chi connectivity index (χ3n) is 4.21. The average Bonchev–Trinajstić information content (AvgIpc) is 2.45. The van der Waals surface area contributed by atoms with Crippen molar-refractivity contribution in [3.8, 4) is 0 Å². The lowest BCUT2D eigenvalue weighted by Gasteiger charge is -2.32. The summed E-state index contributed by atoms with van der Waals surface area (Å²) in [5.41, 5.74) is 2.94. The van der Waals surface area contributed by atoms with Crippen LogP contribution in [0, 0.1) is 5.92 Å². The first-order valence-electron chi connectivity index (χ1n) is 7.95. The summed E-state index contributed by atoms with van der Waals surface area (Å²) in [6.45, 7) is 11.9. The molecule has 2 atom stereocenters. The monoisotopic (exact) mass is 275 g/mol. The van der Waals surface area contributed by atoms with Crippen LogP contribution >= 0.6 is 0 Å². The van der Waals surface area contributed by atoms with Gasteiger partial charge in [0, 0.05) is 19.1 Å². The number of ether oxygens (including phenoxy) is 1. The van der Waals surface area contributed by atoms with E-state index in [1.807, 2.05) is 0 Å². The van der Waals surface area contributed by atoms with Crippen molar-refractivity contribution in [1.29, 1.82) is 0 Å². The van der Waals surface area contributed by atoms with Crippen LogP contribution in [0.4, 0.5) is 0 Å². The molecule has 1 fully saturated rings. The van der Waals surface area contributed by atoms with Crippen molar-refractivity contribution < 1.29 is 4.74 Å². The van der Waals surface area contributed by atoms with Gasteiger partial charge in [0.25, 0.3) is 0 Å². The molecule has 0 radical (unpaired) electrons. The number of hydrogen-bond donors (Lipinski definition) is 1. The zero-order valence-electron chi connectivity index (χ0n) is 13.4. The second-order valence-electron chi connectivity index (χ2n) is 6.87. The van der Waals surface area contributed by atoms with Crippen LogP contribution in [-0.4, -0.2) is 19.7 Å². The molecule has 0 spiro atoms. The minimum absolute atomic E-state index is 0.217. The average molecular weight is 275 g/mol. The fourth-order valence-corrected chi connectivity index (χ4v) is 2.92. The van der Waals surface area contributed by atoms with E-state index in [0.717, 1.165) is 19.7 Å². The minimum Gasteiger partial charge on any atom is -0.373 e. The quantitative estimate of drug-likeness (QED) is 0.894. The molecular formula is C18H29NO. The molecule has 2 heteroatoms. The highest BCUT2D eigenvalue weighted by Crippen LogP contribution is 2.34. The molecule has 1 aromatic carbocycles. The molecular weight excluding hydrogens is 246 g/mol. The highest BCUT2D eigenvalue weighted by molar-refractivity contribution is 5.29. The van der Waals surface area contributed by atoms with Gasteiger partial charge in [-0.25, -0.2) is 0 Å². The van der Waals surface area contributed by atoms with Crippen LogP contribution < -0.4 is 5.32 Å². The van der Waals surface area contributed by atoms with Crippen LogP contribution in [0.2, 0.25) is 0 Å². The number of rotatable bonds is 4. The molecule has 1 aromatic rings. The van der Waals surface area contributed by atoms with Crippen LogP contribution in [-0.2, 0) is 10.2 Å². The predicted molar refractivity (Wildman–Crippen MR) is 85.1 cm³/mol. The Kier molecular flexibility index (Phi) is 5.22. The van der Waals surface area contributed by atoms with E-state index in [2.05, 4.69) is 57.3 Å². The minimum atomic E-state index is 0.217. The molecule has 1 aliphatic heterocycles. The van der Waals surface area contributed by atoms with Crippen LogP contribution in [0.25, 0.3) is 0 Å². The van der Waals surface area contributed by atoms with Gasteiger partial charge in [0.05, 0.1) is 6.10 Å². The van der Waals surface area contributed by atoms with Crippen LogP contribution in [0.15, 0.2) is 24.3 Å². The highest BCUT2D eigenvalue weighted by Gasteiger charge is 2.27. The molecule has 2 unspecified atom stereocenters. The lowest BCUT2D eigenvalue weighted by atomic mass is 9.84. The van der Waals surface area contributed by atoms with Crippen LogP contribution in [0.1, 0.15) is 57.8 Å². The van der Waals surface area contributed by atoms with Crippen molar-refractivity contribution in [2.24, 2.45) is 5.92 Å². The third-order valence-corrected chi connectivity index (χ3v) is 4.21. The summed E-state index contributed by atoms with van der Waals surface area (Å²) in [6.07, 6.45) is 2.71. The first-order chi connectivity index (χ1) is 9.52. The number of benzene rings is 1. The van der Waals surface area contributed by atoms with Gasteiger partial charge in [0.1, 0.15) is 0 Å². The molecule has 1 N–H and O–H groups in total. The van der Waals surface area contributed by atoms with E-state index in [9.17, 15) is 0 Å². The largest absolute Gasteiger partial charge is 0.373 e. The summed E-state index contributed by atoms with van der Waals surface area (Å²) < 4.78 is 6.06. The predicted octanol–water partition coefficient (Wildman–Crippen LogP) is 4.06. The number of nitrogens with one attached hydrogen (secondary N) is 1. The van der Waals surface area contributed by atoms with Gasteiger partial charge in [0.2, 0.25) is 0 Å². The number of hydrogen-bond acceptors (Lipinski definition) is 2. The van der Waals surface area contributed by atoms with Gasteiger partial charge in [-0.2, -0.15) is 0 Å². The second-order valence-corrected chi connectivity index (χ2v) is 6.87. The fraction of sp³-hybridized carbons (Fsp3) is 0.667. The molecule has 20 heavy (non-hydrogen) atoms. The first kappa shape index (κ1) is 15.5. The Morgan fingerprint density at radius 1 is 1.20 bits per heavy atom. The fourth-order valence-electron chi connectivity index (χ4n) is 2.92. The van der Waals surface area contributed by atoms with Crippen molar-refractivity contribution in [1.82, 2.24) is 5.32 Å². The maximum Gasteiger partial charge on any atom is 0.0865 e. The van der Waals surface area contributed by atoms with E-state index >= 15 is 0 Å². The van der Waals surface area contributed by atoms with Gasteiger partial charge in [-0.05, 0) is 35.9 Å². The molecule has 1 saturated heterocycles. The standard InChI is InChI=1S/C18H29NO/c1-5-19-13-15-7-6-12-20-17(15)14-8-10-16(11-9-14)18(2,3)4/h8-11,15,17,19H,5-7,12-13H2,1-4H3. The molecule has 1 heterocycles. The zero-order valence-corrected chi connectivity index (χ0v) is 13.4. The zero-order chi connectivity index (χ0) is 14.6. The van der Waals surface area contributed by atoms with Crippen molar-refractivity contribution >= 4 is 0 Å². The molecule has 2 rings (SSSR count). The molecule has 0 aromatic heterocycles. The van der Waals surface area contributed by atoms with Crippen LogP contribution in [0.5, 0.6) is 0 Å². The molecule has 0 aliphatic carbocycles. The summed E-state index contributed by atoms with van der Waals surface area (Å²) in [7, 11) is 0. The summed E-state index contributed by atoms with van der Waals surface area (Å²) >= 11 is 0. The Morgan fingerprint density at radius 2 is 1.90 bits per heavy atom. The van der Waals surface area contributed by atoms with E-state index < -0.39 is 0 Å². The normalized spacial score (nSPS) is 23.8. The maximum atomic E-state index is 6.06. The van der Waals surface area contributed by atoms with E-state index in [1.165, 1.54) is 24.0 Å². The molecule has 1 aliphatic rings. The lowest BCUT2D eigenvalue weighted by Crippen LogP contribution is -2.31. The topological polar surface area (TPSA) is 21.3 Å². The van der Waals surface area contributed by atoms with Crippen molar-refractivity contribution in [3.63, 3.8) is 0 Å². The van der Waals surface area contributed by atoms with E-state index in [0.29, 0.717) is 5.92 Å². The summed E-state index contributed by atoms with van der Waals surface area (Å²) in [4.78, 5) is 0. The van der Waals surface area contributed by atoms with E-state index in [4.69, 9.17) is 4.74 Å². The summed E-state index contributed by atoms with van der Waals surface area (Å²) in [5, 5.41) is 3.47. The maximum absolute atomic E-state index is 6.06. The van der Waals surface area contributed by atoms with Crippen molar-refractivity contribution in [3.05, 3.63) is 35.4 Å². The Bertz CT molecular complexity index is 404. The SMILES string of the molecule is CCNCC1CCCOC1c1ccc(C(C)(C)C)cc1. The van der Waals surface area contributed by atoms with Gasteiger partial charge in [-0.15, -0.1) is 0 Å². The van der Waals surface area contributed by atoms with E-state index in [-0.39, 0.29) is 11.5 Å². The summed E-state index contributed by atoms with van der Waals surface area (Å²) in [5.74, 6) is 0.601. The van der Waals surface area contributed by atoms with Crippen LogP contribution in [0.3, 0.4) is 0 Å². The molecule has 2 nitrogen and oxygen atoms in total. The van der Waals surface area contributed by atoms with Crippen molar-refractivity contribution in [2.75, 3.05) is 19.7 Å². The Labute approximate surface area is 123 Å². The Balaban J connectivity index is 2.11. The molecule has 0 bridgehead atoms. The van der Waals surface area contributed by atoms with Gasteiger partial charge in [-0.3, -0.25) is 0 Å². The van der Waals surface area contributed by atoms with Gasteiger partial charge >= 0.3 is 0 Å². The van der Waals surface area contributed by atoms with Crippen molar-refractivity contribution in [2.45, 2.75) is 52.1 Å². The third kappa shape index (κ3) is 3.83. The van der Waals surface area contributed by atoms with E-state index in [1.54, 1.807) is 0 Å². The Morgan fingerprint density at radius 3 is 2.50 bits per heavy atom. The van der Waals surface area contributed by atoms with Gasteiger partial charge < -0.3 is 10.1 Å². The van der Waals surface area contributed by atoms with Gasteiger partial charge in [-0.1, -0.05) is 52.0 Å².